The van der Waals surface area contributed by atoms with Crippen LogP contribution in [0, 0.1) is 20.8 Å². The predicted octanol–water partition coefficient (Wildman–Crippen LogP) is 3.88. The number of aryl methyl sites for hydroxylation is 3. The minimum Gasteiger partial charge on any atom is -0.496 e. The number of hydrogen-bond donors (Lipinski definition) is 1. The van der Waals surface area contributed by atoms with Gasteiger partial charge in [0.25, 0.3) is 0 Å². The lowest BCUT2D eigenvalue weighted by Crippen LogP contribution is -2.25. The molecule has 2 aromatic rings. The Labute approximate surface area is 121 Å². The Morgan fingerprint density at radius 3 is 2.30 bits per heavy atom. The molecule has 0 aromatic heterocycles. The molecule has 0 fully saturated rings. The summed E-state index contributed by atoms with van der Waals surface area (Å²) in [5, 5.41) is 11.1. The molecule has 0 spiro atoms. The van der Waals surface area contributed by atoms with Gasteiger partial charge in [-0.25, -0.2) is 0 Å². The van der Waals surface area contributed by atoms with Crippen molar-refractivity contribution < 1.29 is 9.84 Å². The van der Waals surface area contributed by atoms with Crippen LogP contribution in [0.5, 0.6) is 5.75 Å². The standard InChI is InChI=1S/C18H22O2/c1-12-7-6-8-15(10-12)18(4,19)17-14(3)9-13(2)11-16(17)20-5/h6-11,19H,1-5H3. The normalized spacial score (nSPS) is 13.9. The van der Waals surface area contributed by atoms with Crippen LogP contribution in [0.15, 0.2) is 36.4 Å². The van der Waals surface area contributed by atoms with Crippen molar-refractivity contribution in [2.75, 3.05) is 7.11 Å². The largest absolute Gasteiger partial charge is 0.496 e. The van der Waals surface area contributed by atoms with Crippen LogP contribution >= 0.6 is 0 Å². The second kappa shape index (κ2) is 5.29. The Kier molecular flexibility index (Phi) is 3.87. The molecule has 0 amide bonds. The van der Waals surface area contributed by atoms with E-state index in [-0.39, 0.29) is 0 Å². The van der Waals surface area contributed by atoms with Gasteiger partial charge < -0.3 is 9.84 Å². The fraction of sp³-hybridized carbons (Fsp3) is 0.333. The lowest BCUT2D eigenvalue weighted by molar-refractivity contribution is 0.0981. The summed E-state index contributed by atoms with van der Waals surface area (Å²) in [6.07, 6.45) is 0. The van der Waals surface area contributed by atoms with Gasteiger partial charge in [-0.15, -0.1) is 0 Å². The molecule has 2 nitrogen and oxygen atoms in total. The summed E-state index contributed by atoms with van der Waals surface area (Å²) in [5.74, 6) is 0.731. The first-order chi connectivity index (χ1) is 9.36. The predicted molar refractivity (Wildman–Crippen MR) is 82.3 cm³/mol. The third kappa shape index (κ3) is 2.56. The number of methoxy groups -OCH3 is 1. The average molecular weight is 270 g/mol. The van der Waals surface area contributed by atoms with Gasteiger partial charge in [0.15, 0.2) is 0 Å². The van der Waals surface area contributed by atoms with Gasteiger partial charge in [-0.1, -0.05) is 35.9 Å². The molecule has 0 aliphatic carbocycles. The van der Waals surface area contributed by atoms with Crippen molar-refractivity contribution in [1.29, 1.82) is 0 Å². The Hall–Kier alpha value is -1.80. The maximum atomic E-state index is 11.1. The van der Waals surface area contributed by atoms with E-state index in [1.807, 2.05) is 58.0 Å². The second-order valence-corrected chi connectivity index (χ2v) is 5.60. The first-order valence-corrected chi connectivity index (χ1v) is 6.81. The van der Waals surface area contributed by atoms with E-state index < -0.39 is 5.60 Å². The summed E-state index contributed by atoms with van der Waals surface area (Å²) in [7, 11) is 1.64. The van der Waals surface area contributed by atoms with Crippen molar-refractivity contribution in [1.82, 2.24) is 0 Å². The summed E-state index contributed by atoms with van der Waals surface area (Å²) < 4.78 is 5.49. The Morgan fingerprint density at radius 1 is 1.00 bits per heavy atom. The summed E-state index contributed by atoms with van der Waals surface area (Å²) in [6.45, 7) is 7.89. The zero-order valence-electron chi connectivity index (χ0n) is 12.8. The molecular weight excluding hydrogens is 248 g/mol. The van der Waals surface area contributed by atoms with E-state index >= 15 is 0 Å². The summed E-state index contributed by atoms with van der Waals surface area (Å²) in [4.78, 5) is 0. The molecule has 0 heterocycles. The van der Waals surface area contributed by atoms with Gasteiger partial charge in [0.1, 0.15) is 11.4 Å². The molecule has 0 saturated heterocycles. The maximum absolute atomic E-state index is 11.1. The molecule has 0 saturated carbocycles. The van der Waals surface area contributed by atoms with Crippen molar-refractivity contribution in [2.24, 2.45) is 0 Å². The van der Waals surface area contributed by atoms with Crippen molar-refractivity contribution in [3.63, 3.8) is 0 Å². The number of ether oxygens (including phenoxy) is 1. The quantitative estimate of drug-likeness (QED) is 0.917. The Balaban J connectivity index is 2.65. The molecular formula is C18H22O2. The second-order valence-electron chi connectivity index (χ2n) is 5.60. The summed E-state index contributed by atoms with van der Waals surface area (Å²) in [5.41, 5.74) is 3.93. The summed E-state index contributed by atoms with van der Waals surface area (Å²) >= 11 is 0. The molecule has 1 unspecified atom stereocenters. The Bertz CT molecular complexity index is 627. The van der Waals surface area contributed by atoms with E-state index in [2.05, 4.69) is 6.07 Å². The van der Waals surface area contributed by atoms with Gasteiger partial charge in [0.05, 0.1) is 7.11 Å². The zero-order chi connectivity index (χ0) is 14.9. The lowest BCUT2D eigenvalue weighted by atomic mass is 9.84. The van der Waals surface area contributed by atoms with Gasteiger partial charge in [-0.05, 0) is 50.5 Å². The van der Waals surface area contributed by atoms with E-state index in [0.29, 0.717) is 0 Å². The number of rotatable bonds is 3. The smallest absolute Gasteiger partial charge is 0.125 e. The highest BCUT2D eigenvalue weighted by Gasteiger charge is 2.31. The van der Waals surface area contributed by atoms with Crippen LogP contribution in [0.3, 0.4) is 0 Å². The molecule has 0 radical (unpaired) electrons. The fourth-order valence-corrected chi connectivity index (χ4v) is 2.81. The van der Waals surface area contributed by atoms with Crippen LogP contribution in [0.4, 0.5) is 0 Å². The van der Waals surface area contributed by atoms with E-state index in [1.165, 1.54) is 0 Å². The van der Waals surface area contributed by atoms with Crippen LogP contribution in [-0.2, 0) is 5.60 Å². The topological polar surface area (TPSA) is 29.5 Å². The molecule has 20 heavy (non-hydrogen) atoms. The monoisotopic (exact) mass is 270 g/mol. The highest BCUT2D eigenvalue weighted by molar-refractivity contribution is 5.50. The van der Waals surface area contributed by atoms with Gasteiger partial charge in [0, 0.05) is 5.56 Å². The van der Waals surface area contributed by atoms with Crippen LogP contribution < -0.4 is 4.74 Å². The van der Waals surface area contributed by atoms with Crippen LogP contribution in [-0.4, -0.2) is 12.2 Å². The maximum Gasteiger partial charge on any atom is 0.125 e. The number of hydrogen-bond acceptors (Lipinski definition) is 2. The first-order valence-electron chi connectivity index (χ1n) is 6.81. The molecule has 2 rings (SSSR count). The van der Waals surface area contributed by atoms with Gasteiger partial charge in [-0.3, -0.25) is 0 Å². The fourth-order valence-electron chi connectivity index (χ4n) is 2.81. The van der Waals surface area contributed by atoms with E-state index in [9.17, 15) is 5.11 Å². The molecule has 0 aliphatic heterocycles. The van der Waals surface area contributed by atoms with Crippen molar-refractivity contribution in [3.8, 4) is 5.75 Å². The van der Waals surface area contributed by atoms with Crippen LogP contribution in [0.25, 0.3) is 0 Å². The van der Waals surface area contributed by atoms with Crippen molar-refractivity contribution in [3.05, 3.63) is 64.2 Å². The average Bonchev–Trinajstić information content (AvgIpc) is 2.37. The number of aliphatic hydroxyl groups is 1. The SMILES string of the molecule is COc1cc(C)cc(C)c1C(C)(O)c1cccc(C)c1. The van der Waals surface area contributed by atoms with Crippen LogP contribution in [0.2, 0.25) is 0 Å². The first kappa shape index (κ1) is 14.6. The molecule has 2 aromatic carbocycles. The van der Waals surface area contributed by atoms with Crippen molar-refractivity contribution >= 4 is 0 Å². The molecule has 1 N–H and O–H groups in total. The third-order valence-electron chi connectivity index (χ3n) is 3.73. The molecule has 106 valence electrons. The van der Waals surface area contributed by atoms with E-state index in [4.69, 9.17) is 4.74 Å². The lowest BCUT2D eigenvalue weighted by Gasteiger charge is -2.29. The molecule has 2 heteroatoms. The minimum atomic E-state index is -1.07. The van der Waals surface area contributed by atoms with Gasteiger partial charge >= 0.3 is 0 Å². The third-order valence-corrected chi connectivity index (χ3v) is 3.73. The highest BCUT2D eigenvalue weighted by Crippen LogP contribution is 2.38. The molecule has 1 atom stereocenters. The van der Waals surface area contributed by atoms with Crippen LogP contribution in [0.1, 0.15) is 34.7 Å². The van der Waals surface area contributed by atoms with Gasteiger partial charge in [0.2, 0.25) is 0 Å². The van der Waals surface area contributed by atoms with E-state index in [0.717, 1.165) is 33.6 Å². The molecule has 0 aliphatic rings. The number of benzene rings is 2. The summed E-state index contributed by atoms with van der Waals surface area (Å²) in [6, 6.07) is 12.0. The minimum absolute atomic E-state index is 0.731. The van der Waals surface area contributed by atoms with Crippen molar-refractivity contribution in [2.45, 2.75) is 33.3 Å². The Morgan fingerprint density at radius 2 is 1.70 bits per heavy atom. The van der Waals surface area contributed by atoms with E-state index in [1.54, 1.807) is 7.11 Å². The molecule has 0 bridgehead atoms. The zero-order valence-corrected chi connectivity index (χ0v) is 12.8. The highest BCUT2D eigenvalue weighted by atomic mass is 16.5. The van der Waals surface area contributed by atoms with Gasteiger partial charge in [-0.2, -0.15) is 0 Å².